The highest BCUT2D eigenvalue weighted by Gasteiger charge is 2.23. The summed E-state index contributed by atoms with van der Waals surface area (Å²) in [6, 6.07) is 17.3. The highest BCUT2D eigenvalue weighted by molar-refractivity contribution is 5.98. The van der Waals surface area contributed by atoms with E-state index in [0.717, 1.165) is 22.6 Å². The van der Waals surface area contributed by atoms with Crippen LogP contribution >= 0.6 is 0 Å². The SMILES string of the molecule is Cc1ccc(NC(=O)[C@H](C)OC(=O)c2cc(C)n(-c3ccc(C)cc3)c2C)cc1. The summed E-state index contributed by atoms with van der Waals surface area (Å²) in [5.74, 6) is -0.877. The Morgan fingerprint density at radius 3 is 2.03 bits per heavy atom. The van der Waals surface area contributed by atoms with Crippen molar-refractivity contribution < 1.29 is 14.3 Å². The fourth-order valence-corrected chi connectivity index (χ4v) is 3.22. The van der Waals surface area contributed by atoms with E-state index in [1.165, 1.54) is 5.56 Å². The quantitative estimate of drug-likeness (QED) is 0.631. The zero-order valence-electron chi connectivity index (χ0n) is 17.4. The molecular formula is C24H26N2O3. The number of carbonyl (C=O) groups excluding carboxylic acids is 2. The molecule has 0 aliphatic heterocycles. The largest absolute Gasteiger partial charge is 0.449 e. The maximum atomic E-state index is 12.7. The van der Waals surface area contributed by atoms with Gasteiger partial charge in [-0.1, -0.05) is 35.4 Å². The van der Waals surface area contributed by atoms with E-state index in [1.54, 1.807) is 13.0 Å². The van der Waals surface area contributed by atoms with Crippen molar-refractivity contribution in [2.24, 2.45) is 0 Å². The Morgan fingerprint density at radius 2 is 1.45 bits per heavy atom. The first-order valence-electron chi connectivity index (χ1n) is 9.61. The van der Waals surface area contributed by atoms with Gasteiger partial charge in [-0.3, -0.25) is 4.79 Å². The molecule has 1 aromatic heterocycles. The van der Waals surface area contributed by atoms with Gasteiger partial charge in [0, 0.05) is 22.8 Å². The number of aromatic nitrogens is 1. The summed E-state index contributed by atoms with van der Waals surface area (Å²) in [7, 11) is 0. The average Bonchev–Trinajstić information content (AvgIpc) is 2.98. The van der Waals surface area contributed by atoms with Crippen LogP contribution in [0.2, 0.25) is 0 Å². The van der Waals surface area contributed by atoms with Crippen molar-refractivity contribution in [3.63, 3.8) is 0 Å². The van der Waals surface area contributed by atoms with Crippen molar-refractivity contribution in [2.75, 3.05) is 5.32 Å². The Hall–Kier alpha value is -3.34. The number of hydrogen-bond donors (Lipinski definition) is 1. The van der Waals surface area contributed by atoms with Crippen LogP contribution in [0.25, 0.3) is 5.69 Å². The number of rotatable bonds is 5. The van der Waals surface area contributed by atoms with Gasteiger partial charge in [-0.05, 0) is 65.0 Å². The second kappa shape index (κ2) is 8.35. The number of benzene rings is 2. The van der Waals surface area contributed by atoms with Crippen molar-refractivity contribution in [3.8, 4) is 5.69 Å². The molecule has 1 amide bonds. The predicted molar refractivity (Wildman–Crippen MR) is 115 cm³/mol. The lowest BCUT2D eigenvalue weighted by atomic mass is 10.2. The number of hydrogen-bond acceptors (Lipinski definition) is 3. The van der Waals surface area contributed by atoms with Gasteiger partial charge >= 0.3 is 5.97 Å². The van der Waals surface area contributed by atoms with Crippen molar-refractivity contribution in [3.05, 3.63) is 82.7 Å². The number of anilines is 1. The van der Waals surface area contributed by atoms with E-state index in [1.807, 2.05) is 80.8 Å². The van der Waals surface area contributed by atoms with E-state index in [2.05, 4.69) is 5.32 Å². The van der Waals surface area contributed by atoms with E-state index in [-0.39, 0.29) is 5.91 Å². The minimum atomic E-state index is -0.911. The Balaban J connectivity index is 1.73. The molecule has 0 fully saturated rings. The minimum Gasteiger partial charge on any atom is -0.449 e. The van der Waals surface area contributed by atoms with E-state index < -0.39 is 12.1 Å². The van der Waals surface area contributed by atoms with Crippen molar-refractivity contribution >= 4 is 17.6 Å². The summed E-state index contributed by atoms with van der Waals surface area (Å²) in [6.45, 7) is 9.40. The Bertz CT molecular complexity index is 1030. The number of amides is 1. The lowest BCUT2D eigenvalue weighted by Crippen LogP contribution is -2.30. The van der Waals surface area contributed by atoms with Gasteiger partial charge in [-0.15, -0.1) is 0 Å². The van der Waals surface area contributed by atoms with Crippen LogP contribution in [-0.4, -0.2) is 22.5 Å². The van der Waals surface area contributed by atoms with Crippen molar-refractivity contribution in [1.82, 2.24) is 4.57 Å². The second-order valence-electron chi connectivity index (χ2n) is 7.36. The van der Waals surface area contributed by atoms with Gasteiger partial charge in [0.1, 0.15) is 0 Å². The van der Waals surface area contributed by atoms with Gasteiger partial charge in [-0.2, -0.15) is 0 Å². The molecule has 3 aromatic rings. The summed E-state index contributed by atoms with van der Waals surface area (Å²) >= 11 is 0. The molecular weight excluding hydrogens is 364 g/mol. The normalized spacial score (nSPS) is 11.8. The molecule has 0 bridgehead atoms. The maximum Gasteiger partial charge on any atom is 0.340 e. The predicted octanol–water partition coefficient (Wildman–Crippen LogP) is 4.89. The molecule has 0 radical (unpaired) electrons. The zero-order chi connectivity index (χ0) is 21.1. The monoisotopic (exact) mass is 390 g/mol. The van der Waals surface area contributed by atoms with Crippen LogP contribution in [-0.2, 0) is 9.53 Å². The second-order valence-corrected chi connectivity index (χ2v) is 7.36. The van der Waals surface area contributed by atoms with Crippen molar-refractivity contribution in [1.29, 1.82) is 0 Å². The van der Waals surface area contributed by atoms with Crippen LogP contribution in [0.5, 0.6) is 0 Å². The number of ether oxygens (including phenoxy) is 1. The van der Waals surface area contributed by atoms with Gasteiger partial charge in [0.05, 0.1) is 5.56 Å². The lowest BCUT2D eigenvalue weighted by Gasteiger charge is -2.14. The Kier molecular flexibility index (Phi) is 5.87. The van der Waals surface area contributed by atoms with E-state index in [0.29, 0.717) is 11.3 Å². The zero-order valence-corrected chi connectivity index (χ0v) is 17.4. The Morgan fingerprint density at radius 1 is 0.897 bits per heavy atom. The molecule has 29 heavy (non-hydrogen) atoms. The summed E-state index contributed by atoms with van der Waals surface area (Å²) < 4.78 is 7.44. The number of nitrogens with zero attached hydrogens (tertiary/aromatic N) is 1. The van der Waals surface area contributed by atoms with E-state index in [4.69, 9.17) is 4.74 Å². The Labute approximate surface area is 171 Å². The molecule has 2 aromatic carbocycles. The number of nitrogens with one attached hydrogen (secondary N) is 1. The molecule has 0 aliphatic rings. The molecule has 150 valence electrons. The summed E-state index contributed by atoms with van der Waals surface area (Å²) in [4.78, 5) is 25.1. The van der Waals surface area contributed by atoms with Gasteiger partial charge in [0.2, 0.25) is 0 Å². The topological polar surface area (TPSA) is 60.3 Å². The average molecular weight is 390 g/mol. The minimum absolute atomic E-state index is 0.366. The van der Waals surface area contributed by atoms with Gasteiger partial charge in [0.15, 0.2) is 6.10 Å². The van der Waals surface area contributed by atoms with Crippen LogP contribution in [0.1, 0.15) is 39.8 Å². The third-order valence-corrected chi connectivity index (χ3v) is 4.92. The number of carbonyl (C=O) groups is 2. The highest BCUT2D eigenvalue weighted by atomic mass is 16.5. The van der Waals surface area contributed by atoms with Gasteiger partial charge < -0.3 is 14.6 Å². The lowest BCUT2D eigenvalue weighted by molar-refractivity contribution is -0.123. The smallest absolute Gasteiger partial charge is 0.340 e. The molecule has 1 heterocycles. The number of aryl methyl sites for hydroxylation is 3. The molecule has 1 N–H and O–H groups in total. The maximum absolute atomic E-state index is 12.7. The molecule has 1 atom stereocenters. The molecule has 0 spiro atoms. The van der Waals surface area contributed by atoms with Crippen LogP contribution in [0.4, 0.5) is 5.69 Å². The molecule has 5 nitrogen and oxygen atoms in total. The van der Waals surface area contributed by atoms with E-state index in [9.17, 15) is 9.59 Å². The summed E-state index contributed by atoms with van der Waals surface area (Å²) in [5, 5.41) is 2.77. The van der Waals surface area contributed by atoms with Crippen LogP contribution in [0.3, 0.4) is 0 Å². The first kappa shape index (κ1) is 20.4. The fourth-order valence-electron chi connectivity index (χ4n) is 3.22. The van der Waals surface area contributed by atoms with E-state index >= 15 is 0 Å². The van der Waals surface area contributed by atoms with Crippen LogP contribution in [0, 0.1) is 27.7 Å². The van der Waals surface area contributed by atoms with Gasteiger partial charge in [-0.25, -0.2) is 4.79 Å². The van der Waals surface area contributed by atoms with Gasteiger partial charge in [0.25, 0.3) is 5.91 Å². The highest BCUT2D eigenvalue weighted by Crippen LogP contribution is 2.22. The third-order valence-electron chi connectivity index (χ3n) is 4.92. The first-order chi connectivity index (χ1) is 13.8. The third kappa shape index (κ3) is 4.57. The first-order valence-corrected chi connectivity index (χ1v) is 9.61. The van der Waals surface area contributed by atoms with Crippen molar-refractivity contribution in [2.45, 2.75) is 40.7 Å². The fraction of sp³-hybridized carbons (Fsp3) is 0.250. The molecule has 0 unspecified atom stereocenters. The summed E-state index contributed by atoms with van der Waals surface area (Å²) in [5.41, 5.74) is 6.09. The molecule has 0 saturated carbocycles. The molecule has 5 heteroatoms. The number of esters is 1. The molecule has 0 aliphatic carbocycles. The molecule has 3 rings (SSSR count). The standard InChI is InChI=1S/C24H26N2O3/c1-15-6-10-20(11-7-15)25-23(27)19(5)29-24(28)22-14-17(3)26(18(22)4)21-12-8-16(2)9-13-21/h6-14,19H,1-5H3,(H,25,27)/t19-/m0/s1. The van der Waals surface area contributed by atoms with Crippen LogP contribution in [0.15, 0.2) is 54.6 Å². The summed E-state index contributed by atoms with van der Waals surface area (Å²) in [6.07, 6.45) is -0.911. The molecule has 0 saturated heterocycles. The van der Waals surface area contributed by atoms with Crippen LogP contribution < -0.4 is 5.32 Å².